The number of rotatable bonds is 4. The molecule has 0 atom stereocenters. The van der Waals surface area contributed by atoms with Crippen LogP contribution < -0.4 is 9.64 Å². The first-order chi connectivity index (χ1) is 10.3. The normalized spacial score (nSPS) is 16.2. The average molecular weight is 287 g/mol. The van der Waals surface area contributed by atoms with E-state index in [1.807, 2.05) is 19.1 Å². The molecule has 2 heterocycles. The van der Waals surface area contributed by atoms with E-state index in [0.717, 1.165) is 50.1 Å². The number of ether oxygens (including phenoxy) is 1. The summed E-state index contributed by atoms with van der Waals surface area (Å²) in [6.07, 6.45) is 1.75. The van der Waals surface area contributed by atoms with E-state index in [1.165, 1.54) is 5.69 Å². The first kappa shape index (κ1) is 13.9. The molecule has 1 aromatic heterocycles. The van der Waals surface area contributed by atoms with Crippen molar-refractivity contribution in [2.75, 3.05) is 38.2 Å². The lowest BCUT2D eigenvalue weighted by Gasteiger charge is -2.36. The number of nitrogens with zero attached hydrogens (tertiary/aromatic N) is 3. The summed E-state index contributed by atoms with van der Waals surface area (Å²) in [6, 6.07) is 8.20. The summed E-state index contributed by atoms with van der Waals surface area (Å²) in [5, 5.41) is 0. The molecule has 0 radical (unpaired) electrons. The van der Waals surface area contributed by atoms with Crippen LogP contribution in [0.15, 0.2) is 34.9 Å². The predicted octanol–water partition coefficient (Wildman–Crippen LogP) is 2.31. The lowest BCUT2D eigenvalue weighted by atomic mass is 10.2. The van der Waals surface area contributed by atoms with Crippen LogP contribution in [0.25, 0.3) is 0 Å². The van der Waals surface area contributed by atoms with E-state index in [-0.39, 0.29) is 0 Å². The van der Waals surface area contributed by atoms with E-state index in [9.17, 15) is 0 Å². The number of methoxy groups -OCH3 is 1. The number of aryl methyl sites for hydroxylation is 1. The van der Waals surface area contributed by atoms with Crippen LogP contribution in [0.2, 0.25) is 0 Å². The van der Waals surface area contributed by atoms with Gasteiger partial charge in [0, 0.05) is 39.6 Å². The molecule has 1 aromatic carbocycles. The Kier molecular flexibility index (Phi) is 4.10. The molecule has 0 N–H and O–H groups in total. The fraction of sp³-hybridized carbons (Fsp3) is 0.438. The highest BCUT2D eigenvalue weighted by molar-refractivity contribution is 5.58. The minimum absolute atomic E-state index is 0.734. The van der Waals surface area contributed by atoms with Crippen molar-refractivity contribution in [1.82, 2.24) is 9.88 Å². The summed E-state index contributed by atoms with van der Waals surface area (Å²) in [7, 11) is 1.72. The van der Waals surface area contributed by atoms with Gasteiger partial charge >= 0.3 is 0 Å². The Morgan fingerprint density at radius 2 is 1.95 bits per heavy atom. The molecule has 0 aliphatic carbocycles. The molecular weight excluding hydrogens is 266 g/mol. The number of para-hydroxylation sites is 2. The van der Waals surface area contributed by atoms with Crippen molar-refractivity contribution in [3.8, 4) is 5.75 Å². The molecule has 3 rings (SSSR count). The zero-order valence-corrected chi connectivity index (χ0v) is 12.6. The number of benzene rings is 1. The molecule has 112 valence electrons. The summed E-state index contributed by atoms with van der Waals surface area (Å²) in [6.45, 7) is 6.77. The maximum absolute atomic E-state index is 5.45. The summed E-state index contributed by atoms with van der Waals surface area (Å²) in [5.41, 5.74) is 2.19. The molecule has 0 saturated carbocycles. The smallest absolute Gasteiger partial charge is 0.191 e. The monoisotopic (exact) mass is 287 g/mol. The van der Waals surface area contributed by atoms with Gasteiger partial charge in [0.2, 0.25) is 0 Å². The number of piperazine rings is 1. The lowest BCUT2D eigenvalue weighted by Crippen LogP contribution is -2.46. The van der Waals surface area contributed by atoms with Crippen molar-refractivity contribution in [1.29, 1.82) is 0 Å². The van der Waals surface area contributed by atoms with Crippen molar-refractivity contribution in [2.45, 2.75) is 13.5 Å². The number of hydrogen-bond donors (Lipinski definition) is 0. The van der Waals surface area contributed by atoms with Crippen LogP contribution in [0.3, 0.4) is 0 Å². The third-order valence-electron chi connectivity index (χ3n) is 3.85. The van der Waals surface area contributed by atoms with Crippen molar-refractivity contribution < 1.29 is 9.15 Å². The zero-order valence-electron chi connectivity index (χ0n) is 12.6. The molecular formula is C16H21N3O2. The Hall–Kier alpha value is -2.01. The Labute approximate surface area is 125 Å². The summed E-state index contributed by atoms with van der Waals surface area (Å²) >= 11 is 0. The number of oxazole rings is 1. The third kappa shape index (κ3) is 3.19. The van der Waals surface area contributed by atoms with Gasteiger partial charge in [-0.25, -0.2) is 4.98 Å². The topological polar surface area (TPSA) is 41.7 Å². The van der Waals surface area contributed by atoms with E-state index < -0.39 is 0 Å². The molecule has 21 heavy (non-hydrogen) atoms. The van der Waals surface area contributed by atoms with Crippen molar-refractivity contribution in [3.63, 3.8) is 0 Å². The van der Waals surface area contributed by atoms with Crippen LogP contribution in [-0.2, 0) is 6.54 Å². The van der Waals surface area contributed by atoms with Gasteiger partial charge in [0.15, 0.2) is 5.89 Å². The first-order valence-electron chi connectivity index (χ1n) is 7.27. The molecule has 5 nitrogen and oxygen atoms in total. The summed E-state index contributed by atoms with van der Waals surface area (Å²) in [4.78, 5) is 9.15. The number of aromatic nitrogens is 1. The van der Waals surface area contributed by atoms with Crippen molar-refractivity contribution >= 4 is 5.69 Å². The van der Waals surface area contributed by atoms with Gasteiger partial charge in [-0.15, -0.1) is 0 Å². The fourth-order valence-corrected chi connectivity index (χ4v) is 2.75. The lowest BCUT2D eigenvalue weighted by molar-refractivity contribution is 0.246. The van der Waals surface area contributed by atoms with Gasteiger partial charge < -0.3 is 14.1 Å². The standard InChI is InChI=1S/C16H21N3O2/c1-13-17-14(12-21-13)11-18-7-9-19(10-8-18)15-5-3-4-6-16(15)20-2/h3-6,12H,7-11H2,1-2H3. The Morgan fingerprint density at radius 3 is 2.62 bits per heavy atom. The van der Waals surface area contributed by atoms with Crippen LogP contribution >= 0.6 is 0 Å². The van der Waals surface area contributed by atoms with Gasteiger partial charge in [0.1, 0.15) is 12.0 Å². The molecule has 1 saturated heterocycles. The molecule has 0 spiro atoms. The highest BCUT2D eigenvalue weighted by Crippen LogP contribution is 2.28. The summed E-state index contributed by atoms with van der Waals surface area (Å²) < 4.78 is 10.7. The van der Waals surface area contributed by atoms with Crippen LogP contribution in [0, 0.1) is 6.92 Å². The Balaban J connectivity index is 1.60. The van der Waals surface area contributed by atoms with Crippen LogP contribution in [0.4, 0.5) is 5.69 Å². The highest BCUT2D eigenvalue weighted by Gasteiger charge is 2.20. The molecule has 2 aromatic rings. The second-order valence-corrected chi connectivity index (χ2v) is 5.29. The van der Waals surface area contributed by atoms with Gasteiger partial charge in [0.05, 0.1) is 18.5 Å². The molecule has 0 bridgehead atoms. The Morgan fingerprint density at radius 1 is 1.19 bits per heavy atom. The minimum atomic E-state index is 0.734. The quantitative estimate of drug-likeness (QED) is 0.863. The second-order valence-electron chi connectivity index (χ2n) is 5.29. The van der Waals surface area contributed by atoms with E-state index in [0.29, 0.717) is 0 Å². The molecule has 0 amide bonds. The molecule has 5 heteroatoms. The van der Waals surface area contributed by atoms with Crippen LogP contribution in [-0.4, -0.2) is 43.2 Å². The number of hydrogen-bond acceptors (Lipinski definition) is 5. The molecule has 0 unspecified atom stereocenters. The second kappa shape index (κ2) is 6.18. The van der Waals surface area contributed by atoms with Crippen molar-refractivity contribution in [2.24, 2.45) is 0 Å². The highest BCUT2D eigenvalue weighted by atomic mass is 16.5. The molecule has 1 aliphatic heterocycles. The van der Waals surface area contributed by atoms with Gasteiger partial charge in [-0.3, -0.25) is 4.90 Å². The average Bonchev–Trinajstić information content (AvgIpc) is 2.93. The maximum Gasteiger partial charge on any atom is 0.191 e. The fourth-order valence-electron chi connectivity index (χ4n) is 2.75. The van der Waals surface area contributed by atoms with E-state index in [1.54, 1.807) is 13.4 Å². The largest absolute Gasteiger partial charge is 0.495 e. The van der Waals surface area contributed by atoms with Crippen LogP contribution in [0.1, 0.15) is 11.6 Å². The molecule has 1 fully saturated rings. The molecule has 1 aliphatic rings. The predicted molar refractivity (Wildman–Crippen MR) is 81.7 cm³/mol. The van der Waals surface area contributed by atoms with Gasteiger partial charge in [-0.2, -0.15) is 0 Å². The Bertz CT molecular complexity index is 589. The minimum Gasteiger partial charge on any atom is -0.495 e. The zero-order chi connectivity index (χ0) is 14.7. The van der Waals surface area contributed by atoms with E-state index in [2.05, 4.69) is 26.9 Å². The number of anilines is 1. The van der Waals surface area contributed by atoms with Gasteiger partial charge in [0.25, 0.3) is 0 Å². The first-order valence-corrected chi connectivity index (χ1v) is 7.27. The van der Waals surface area contributed by atoms with Gasteiger partial charge in [-0.1, -0.05) is 12.1 Å². The van der Waals surface area contributed by atoms with E-state index >= 15 is 0 Å². The van der Waals surface area contributed by atoms with E-state index in [4.69, 9.17) is 9.15 Å². The third-order valence-corrected chi connectivity index (χ3v) is 3.85. The SMILES string of the molecule is COc1ccccc1N1CCN(Cc2coc(C)n2)CC1. The van der Waals surface area contributed by atoms with Crippen molar-refractivity contribution in [3.05, 3.63) is 42.1 Å². The summed E-state index contributed by atoms with van der Waals surface area (Å²) in [5.74, 6) is 1.68. The van der Waals surface area contributed by atoms with Crippen LogP contribution in [0.5, 0.6) is 5.75 Å². The maximum atomic E-state index is 5.45. The van der Waals surface area contributed by atoms with Gasteiger partial charge in [-0.05, 0) is 12.1 Å².